The van der Waals surface area contributed by atoms with Crippen molar-refractivity contribution in [3.05, 3.63) is 18.3 Å². The summed E-state index contributed by atoms with van der Waals surface area (Å²) in [6.07, 6.45) is 3.60. The van der Waals surface area contributed by atoms with Crippen molar-refractivity contribution < 1.29 is 14.3 Å². The van der Waals surface area contributed by atoms with E-state index in [1.165, 1.54) is 0 Å². The smallest absolute Gasteiger partial charge is 0.244 e. The molecule has 1 fully saturated rings. The van der Waals surface area contributed by atoms with E-state index >= 15 is 0 Å². The fourth-order valence-electron chi connectivity index (χ4n) is 1.90. The summed E-state index contributed by atoms with van der Waals surface area (Å²) in [7, 11) is 1.61. The largest absolute Gasteiger partial charge is 0.475 e. The van der Waals surface area contributed by atoms with E-state index < -0.39 is 5.54 Å². The van der Waals surface area contributed by atoms with Crippen LogP contribution in [0.15, 0.2) is 18.3 Å². The molecule has 3 N–H and O–H groups in total. The van der Waals surface area contributed by atoms with Gasteiger partial charge in [0.25, 0.3) is 0 Å². The normalized spacial score (nSPS) is 17.4. The van der Waals surface area contributed by atoms with Gasteiger partial charge in [-0.1, -0.05) is 0 Å². The number of hydrogen-bond acceptors (Lipinski definition) is 5. The summed E-state index contributed by atoms with van der Waals surface area (Å²) in [4.78, 5) is 16.2. The molecule has 1 saturated carbocycles. The zero-order valence-electron chi connectivity index (χ0n) is 11.9. The number of nitrogens with zero attached hydrogens (tertiary/aromatic N) is 1. The number of carbonyl (C=O) groups is 1. The van der Waals surface area contributed by atoms with Crippen molar-refractivity contribution in [3.63, 3.8) is 0 Å². The molecule has 1 aliphatic carbocycles. The average molecular weight is 279 g/mol. The van der Waals surface area contributed by atoms with Gasteiger partial charge in [-0.25, -0.2) is 4.98 Å². The Kier molecular flexibility index (Phi) is 4.57. The van der Waals surface area contributed by atoms with Crippen LogP contribution in [0.5, 0.6) is 5.88 Å². The highest BCUT2D eigenvalue weighted by Crippen LogP contribution is 2.38. The fourth-order valence-corrected chi connectivity index (χ4v) is 1.90. The van der Waals surface area contributed by atoms with Crippen molar-refractivity contribution in [2.45, 2.75) is 25.3 Å². The maximum atomic E-state index is 12.1. The van der Waals surface area contributed by atoms with E-state index in [4.69, 9.17) is 15.2 Å². The monoisotopic (exact) mass is 279 g/mol. The van der Waals surface area contributed by atoms with Crippen molar-refractivity contribution in [1.82, 2.24) is 4.98 Å². The zero-order chi connectivity index (χ0) is 14.6. The molecule has 1 aromatic heterocycles. The number of rotatable bonds is 7. The van der Waals surface area contributed by atoms with Gasteiger partial charge in [0.15, 0.2) is 0 Å². The molecule has 1 unspecified atom stereocenters. The lowest BCUT2D eigenvalue weighted by Gasteiger charge is -2.23. The minimum atomic E-state index is -0.812. The first-order valence-electron chi connectivity index (χ1n) is 6.72. The third kappa shape index (κ3) is 3.68. The standard InChI is InChI=1S/C14H21N3O3/c1-14(15,10-3-4-10)13(18)17-11-5-6-12(16-9-11)20-8-7-19-2/h5-6,9-10H,3-4,7-8,15H2,1-2H3,(H,17,18). The van der Waals surface area contributed by atoms with Crippen LogP contribution in [0.3, 0.4) is 0 Å². The Morgan fingerprint density at radius 1 is 1.50 bits per heavy atom. The molecular weight excluding hydrogens is 258 g/mol. The predicted octanol–water partition coefficient (Wildman–Crippen LogP) is 1.17. The maximum absolute atomic E-state index is 12.1. The lowest BCUT2D eigenvalue weighted by atomic mass is 9.96. The Hall–Kier alpha value is -1.66. The average Bonchev–Trinajstić information content (AvgIpc) is 3.25. The van der Waals surface area contributed by atoms with Gasteiger partial charge in [-0.05, 0) is 31.7 Å². The van der Waals surface area contributed by atoms with E-state index in [-0.39, 0.29) is 11.8 Å². The van der Waals surface area contributed by atoms with Gasteiger partial charge in [0.2, 0.25) is 11.8 Å². The quantitative estimate of drug-likeness (QED) is 0.732. The molecule has 110 valence electrons. The van der Waals surface area contributed by atoms with E-state index in [0.29, 0.717) is 24.8 Å². The highest BCUT2D eigenvalue weighted by Gasteiger charge is 2.44. The minimum Gasteiger partial charge on any atom is -0.475 e. The summed E-state index contributed by atoms with van der Waals surface area (Å²) in [5.74, 6) is 0.611. The molecule has 0 bridgehead atoms. The molecule has 0 radical (unpaired) electrons. The maximum Gasteiger partial charge on any atom is 0.244 e. The first-order valence-corrected chi connectivity index (χ1v) is 6.72. The summed E-state index contributed by atoms with van der Waals surface area (Å²) < 4.78 is 10.2. The lowest BCUT2D eigenvalue weighted by molar-refractivity contribution is -0.121. The first kappa shape index (κ1) is 14.7. The highest BCUT2D eigenvalue weighted by atomic mass is 16.5. The van der Waals surface area contributed by atoms with Gasteiger partial charge >= 0.3 is 0 Å². The summed E-state index contributed by atoms with van der Waals surface area (Å²) in [6, 6.07) is 3.45. The number of anilines is 1. The van der Waals surface area contributed by atoms with Gasteiger partial charge in [-0.3, -0.25) is 4.79 Å². The Morgan fingerprint density at radius 2 is 2.25 bits per heavy atom. The number of hydrogen-bond donors (Lipinski definition) is 2. The van der Waals surface area contributed by atoms with Crippen LogP contribution in [0.2, 0.25) is 0 Å². The molecule has 1 heterocycles. The second-order valence-electron chi connectivity index (χ2n) is 5.24. The van der Waals surface area contributed by atoms with Crippen LogP contribution in [-0.4, -0.2) is 36.8 Å². The summed E-state index contributed by atoms with van der Waals surface area (Å²) in [5.41, 5.74) is 5.86. The second-order valence-corrected chi connectivity index (χ2v) is 5.24. The summed E-state index contributed by atoms with van der Waals surface area (Å²) in [6.45, 7) is 2.72. The van der Waals surface area contributed by atoms with Gasteiger partial charge in [0, 0.05) is 13.2 Å². The Balaban J connectivity index is 1.88. The predicted molar refractivity (Wildman–Crippen MR) is 75.6 cm³/mol. The lowest BCUT2D eigenvalue weighted by Crippen LogP contribution is -2.50. The van der Waals surface area contributed by atoms with Crippen molar-refractivity contribution in [1.29, 1.82) is 0 Å². The number of ether oxygens (including phenoxy) is 2. The number of aromatic nitrogens is 1. The third-order valence-corrected chi connectivity index (χ3v) is 3.45. The Labute approximate surface area is 118 Å². The third-order valence-electron chi connectivity index (χ3n) is 3.45. The van der Waals surface area contributed by atoms with Crippen molar-refractivity contribution in [2.75, 3.05) is 25.6 Å². The second kappa shape index (κ2) is 6.19. The van der Waals surface area contributed by atoms with E-state index in [1.54, 1.807) is 32.4 Å². The van der Waals surface area contributed by atoms with Gasteiger partial charge in [-0.15, -0.1) is 0 Å². The minimum absolute atomic E-state index is 0.171. The number of amides is 1. The molecule has 1 amide bonds. The van der Waals surface area contributed by atoms with Crippen molar-refractivity contribution in [2.24, 2.45) is 11.7 Å². The molecule has 2 rings (SSSR count). The summed E-state index contributed by atoms with van der Waals surface area (Å²) >= 11 is 0. The SMILES string of the molecule is COCCOc1ccc(NC(=O)C(C)(N)C2CC2)cn1. The van der Waals surface area contributed by atoms with Gasteiger partial charge in [0.1, 0.15) is 6.61 Å². The Bertz CT molecular complexity index is 455. The van der Waals surface area contributed by atoms with E-state index in [2.05, 4.69) is 10.3 Å². The van der Waals surface area contributed by atoms with Crippen LogP contribution in [0, 0.1) is 5.92 Å². The van der Waals surface area contributed by atoms with E-state index in [9.17, 15) is 4.79 Å². The molecule has 1 atom stereocenters. The molecule has 0 aromatic carbocycles. The Morgan fingerprint density at radius 3 is 2.80 bits per heavy atom. The molecule has 0 aliphatic heterocycles. The fraction of sp³-hybridized carbons (Fsp3) is 0.571. The van der Waals surface area contributed by atoms with Crippen LogP contribution >= 0.6 is 0 Å². The molecule has 20 heavy (non-hydrogen) atoms. The highest BCUT2D eigenvalue weighted by molar-refractivity contribution is 5.98. The molecule has 1 aromatic rings. The number of methoxy groups -OCH3 is 1. The van der Waals surface area contributed by atoms with Crippen LogP contribution in [-0.2, 0) is 9.53 Å². The molecule has 1 aliphatic rings. The van der Waals surface area contributed by atoms with Gasteiger partial charge in [0.05, 0.1) is 24.0 Å². The van der Waals surface area contributed by atoms with Crippen LogP contribution in [0.25, 0.3) is 0 Å². The zero-order valence-corrected chi connectivity index (χ0v) is 11.9. The summed E-state index contributed by atoms with van der Waals surface area (Å²) in [5, 5.41) is 2.79. The van der Waals surface area contributed by atoms with Crippen molar-refractivity contribution in [3.8, 4) is 5.88 Å². The van der Waals surface area contributed by atoms with Gasteiger partial charge < -0.3 is 20.5 Å². The number of carbonyl (C=O) groups excluding carboxylic acids is 1. The molecule has 0 spiro atoms. The van der Waals surface area contributed by atoms with Crippen molar-refractivity contribution >= 4 is 11.6 Å². The molecule has 0 saturated heterocycles. The molecular formula is C14H21N3O3. The number of nitrogens with one attached hydrogen (secondary N) is 1. The van der Waals surface area contributed by atoms with Gasteiger partial charge in [-0.2, -0.15) is 0 Å². The number of nitrogens with two attached hydrogens (primary N) is 1. The number of pyridine rings is 1. The van der Waals surface area contributed by atoms with E-state index in [0.717, 1.165) is 12.8 Å². The van der Waals surface area contributed by atoms with Crippen LogP contribution in [0.4, 0.5) is 5.69 Å². The molecule has 6 nitrogen and oxygen atoms in total. The topological polar surface area (TPSA) is 86.5 Å². The van der Waals surface area contributed by atoms with E-state index in [1.807, 2.05) is 0 Å². The van der Waals surface area contributed by atoms with Crippen LogP contribution in [0.1, 0.15) is 19.8 Å². The van der Waals surface area contributed by atoms with Crippen LogP contribution < -0.4 is 15.8 Å². The first-order chi connectivity index (χ1) is 9.54. The molecule has 6 heteroatoms.